The molecule has 2 rings (SSSR count). The van der Waals surface area contributed by atoms with Crippen LogP contribution in [0.2, 0.25) is 5.02 Å². The number of benzene rings is 1. The molecule has 0 aliphatic heterocycles. The molecular weight excluding hydrogens is 352 g/mol. The highest BCUT2D eigenvalue weighted by molar-refractivity contribution is 9.10. The van der Waals surface area contributed by atoms with Gasteiger partial charge in [-0.05, 0) is 55.3 Å². The van der Waals surface area contributed by atoms with Gasteiger partial charge in [-0.3, -0.25) is 0 Å². The van der Waals surface area contributed by atoms with Gasteiger partial charge < -0.3 is 10.1 Å². The van der Waals surface area contributed by atoms with Gasteiger partial charge in [0.2, 0.25) is 5.88 Å². The summed E-state index contributed by atoms with van der Waals surface area (Å²) in [6.45, 7) is 7.77. The average Bonchev–Trinajstić information content (AvgIpc) is 2.45. The average molecular weight is 370 g/mol. The molecule has 1 aromatic carbocycles. The smallest absolute Gasteiger partial charge is 0.238 e. The van der Waals surface area contributed by atoms with Gasteiger partial charge in [0.15, 0.2) is 0 Å². The van der Waals surface area contributed by atoms with Crippen molar-refractivity contribution in [3.63, 3.8) is 0 Å². The molecule has 2 aromatic rings. The van der Waals surface area contributed by atoms with E-state index in [0.717, 1.165) is 40.0 Å². The third-order valence-electron chi connectivity index (χ3n) is 3.07. The molecule has 0 unspecified atom stereocenters. The van der Waals surface area contributed by atoms with Gasteiger partial charge in [0.05, 0.1) is 0 Å². The van der Waals surface area contributed by atoms with Crippen molar-refractivity contribution in [3.8, 4) is 11.6 Å². The zero-order valence-electron chi connectivity index (χ0n) is 12.3. The van der Waals surface area contributed by atoms with E-state index >= 15 is 0 Å². The van der Waals surface area contributed by atoms with Crippen molar-refractivity contribution >= 4 is 27.5 Å². The second-order valence-corrected chi connectivity index (χ2v) is 6.08. The zero-order chi connectivity index (χ0) is 15.4. The fourth-order valence-electron chi connectivity index (χ4n) is 1.98. The van der Waals surface area contributed by atoms with Crippen molar-refractivity contribution < 1.29 is 4.74 Å². The van der Waals surface area contributed by atoms with Crippen LogP contribution in [0, 0.1) is 13.8 Å². The molecule has 1 N–H and O–H groups in total. The molecule has 0 bridgehead atoms. The molecule has 0 spiro atoms. The van der Waals surface area contributed by atoms with Crippen LogP contribution >= 0.6 is 27.5 Å². The van der Waals surface area contributed by atoms with E-state index in [-0.39, 0.29) is 0 Å². The minimum Gasteiger partial charge on any atom is -0.438 e. The first-order valence-electron chi connectivity index (χ1n) is 6.81. The highest BCUT2D eigenvalue weighted by Gasteiger charge is 2.09. The van der Waals surface area contributed by atoms with Crippen LogP contribution in [0.25, 0.3) is 0 Å². The van der Waals surface area contributed by atoms with E-state index in [2.05, 4.69) is 33.2 Å². The van der Waals surface area contributed by atoms with Crippen molar-refractivity contribution in [2.75, 3.05) is 6.54 Å². The van der Waals surface area contributed by atoms with Crippen LogP contribution < -0.4 is 10.1 Å². The number of aromatic nitrogens is 1. The third-order valence-corrected chi connectivity index (χ3v) is 4.59. The van der Waals surface area contributed by atoms with Crippen LogP contribution in [0.5, 0.6) is 11.6 Å². The molecule has 21 heavy (non-hydrogen) atoms. The molecule has 0 saturated carbocycles. The summed E-state index contributed by atoms with van der Waals surface area (Å²) >= 11 is 9.79. The van der Waals surface area contributed by atoms with Gasteiger partial charge in [-0.1, -0.05) is 34.5 Å². The summed E-state index contributed by atoms with van der Waals surface area (Å²) in [7, 11) is 0. The van der Waals surface area contributed by atoms with Crippen LogP contribution in [0.4, 0.5) is 0 Å². The van der Waals surface area contributed by atoms with Gasteiger partial charge in [0.25, 0.3) is 0 Å². The lowest BCUT2D eigenvalue weighted by molar-refractivity contribution is 0.461. The molecule has 1 aromatic heterocycles. The normalized spacial score (nSPS) is 10.7. The summed E-state index contributed by atoms with van der Waals surface area (Å²) in [5, 5.41) is 3.75. The molecule has 0 saturated heterocycles. The van der Waals surface area contributed by atoms with E-state index in [9.17, 15) is 0 Å². The first kappa shape index (κ1) is 16.3. The van der Waals surface area contributed by atoms with Gasteiger partial charge in [-0.15, -0.1) is 0 Å². The number of halogens is 2. The van der Waals surface area contributed by atoms with Crippen LogP contribution in [-0.4, -0.2) is 11.5 Å². The van der Waals surface area contributed by atoms with Crippen molar-refractivity contribution in [2.45, 2.75) is 27.3 Å². The number of pyridine rings is 1. The summed E-state index contributed by atoms with van der Waals surface area (Å²) in [4.78, 5) is 4.30. The number of nitrogens with one attached hydrogen (secondary N) is 1. The number of hydrogen-bond donors (Lipinski definition) is 1. The van der Waals surface area contributed by atoms with Gasteiger partial charge in [-0.2, -0.15) is 0 Å². The van der Waals surface area contributed by atoms with E-state index < -0.39 is 0 Å². The second kappa shape index (κ2) is 7.25. The molecular formula is C16H18BrClN2O. The van der Waals surface area contributed by atoms with E-state index in [4.69, 9.17) is 16.3 Å². The minimum absolute atomic E-state index is 0.429. The standard InChI is InChI=1S/C16H18BrClN2O/c1-4-19-8-12-7-14(18)16(20-9-12)21-13-5-10(2)15(17)11(3)6-13/h5-7,9,19H,4,8H2,1-3H3. The quantitative estimate of drug-likeness (QED) is 0.804. The molecule has 112 valence electrons. The third kappa shape index (κ3) is 4.19. The topological polar surface area (TPSA) is 34.2 Å². The largest absolute Gasteiger partial charge is 0.438 e. The number of aryl methyl sites for hydroxylation is 2. The number of hydrogen-bond acceptors (Lipinski definition) is 3. The number of ether oxygens (including phenoxy) is 1. The Balaban J connectivity index is 2.20. The van der Waals surface area contributed by atoms with Crippen LogP contribution in [-0.2, 0) is 6.54 Å². The van der Waals surface area contributed by atoms with Crippen molar-refractivity contribution in [1.82, 2.24) is 10.3 Å². The first-order chi connectivity index (χ1) is 10.0. The maximum absolute atomic E-state index is 6.24. The summed E-state index contributed by atoms with van der Waals surface area (Å²) in [6.07, 6.45) is 1.78. The van der Waals surface area contributed by atoms with E-state index in [1.807, 2.05) is 32.0 Å². The molecule has 5 heteroatoms. The molecule has 1 heterocycles. The Hall–Kier alpha value is -1.10. The lowest BCUT2D eigenvalue weighted by Gasteiger charge is -2.11. The second-order valence-electron chi connectivity index (χ2n) is 4.88. The Labute approximate surface area is 138 Å². The highest BCUT2D eigenvalue weighted by atomic mass is 79.9. The first-order valence-corrected chi connectivity index (χ1v) is 7.98. The van der Waals surface area contributed by atoms with Crippen molar-refractivity contribution in [3.05, 3.63) is 50.6 Å². The fourth-order valence-corrected chi connectivity index (χ4v) is 2.44. The summed E-state index contributed by atoms with van der Waals surface area (Å²) in [5.41, 5.74) is 3.27. The fraction of sp³-hybridized carbons (Fsp3) is 0.312. The lowest BCUT2D eigenvalue weighted by Crippen LogP contribution is -2.11. The van der Waals surface area contributed by atoms with Gasteiger partial charge in [0.1, 0.15) is 10.8 Å². The van der Waals surface area contributed by atoms with Crippen LogP contribution in [0.1, 0.15) is 23.6 Å². The van der Waals surface area contributed by atoms with E-state index in [1.165, 1.54) is 0 Å². The Morgan fingerprint density at radius 2 is 1.90 bits per heavy atom. The number of nitrogens with zero attached hydrogens (tertiary/aromatic N) is 1. The van der Waals surface area contributed by atoms with E-state index in [1.54, 1.807) is 6.20 Å². The van der Waals surface area contributed by atoms with Gasteiger partial charge in [0, 0.05) is 17.2 Å². The molecule has 0 fully saturated rings. The van der Waals surface area contributed by atoms with Gasteiger partial charge >= 0.3 is 0 Å². The maximum Gasteiger partial charge on any atom is 0.238 e. The molecule has 0 amide bonds. The van der Waals surface area contributed by atoms with E-state index in [0.29, 0.717) is 10.9 Å². The van der Waals surface area contributed by atoms with Crippen LogP contribution in [0.15, 0.2) is 28.9 Å². The van der Waals surface area contributed by atoms with Gasteiger partial charge in [-0.25, -0.2) is 4.98 Å². The van der Waals surface area contributed by atoms with Crippen molar-refractivity contribution in [2.24, 2.45) is 0 Å². The Morgan fingerprint density at radius 1 is 1.24 bits per heavy atom. The SMILES string of the molecule is CCNCc1cnc(Oc2cc(C)c(Br)c(C)c2)c(Cl)c1. The lowest BCUT2D eigenvalue weighted by atomic mass is 10.1. The summed E-state index contributed by atoms with van der Waals surface area (Å²) in [5.74, 6) is 1.17. The monoisotopic (exact) mass is 368 g/mol. The molecule has 0 aliphatic rings. The van der Waals surface area contributed by atoms with Crippen LogP contribution in [0.3, 0.4) is 0 Å². The highest BCUT2D eigenvalue weighted by Crippen LogP contribution is 2.31. The summed E-state index contributed by atoms with van der Waals surface area (Å²) in [6, 6.07) is 5.80. The predicted octanol–water partition coefficient (Wildman–Crippen LogP) is 5.02. The zero-order valence-corrected chi connectivity index (χ0v) is 14.7. The predicted molar refractivity (Wildman–Crippen MR) is 90.3 cm³/mol. The molecule has 0 radical (unpaired) electrons. The Kier molecular flexibility index (Phi) is 5.62. The summed E-state index contributed by atoms with van der Waals surface area (Å²) < 4.78 is 6.89. The minimum atomic E-state index is 0.429. The van der Waals surface area contributed by atoms with Crippen molar-refractivity contribution in [1.29, 1.82) is 0 Å². The molecule has 0 aliphatic carbocycles. The Morgan fingerprint density at radius 3 is 2.48 bits per heavy atom. The molecule has 3 nitrogen and oxygen atoms in total. The Bertz CT molecular complexity index is 623. The number of rotatable bonds is 5. The molecule has 0 atom stereocenters. The maximum atomic E-state index is 6.24.